The minimum absolute atomic E-state index is 0. The van der Waals surface area contributed by atoms with Crippen LogP contribution in [0.2, 0.25) is 0 Å². The van der Waals surface area contributed by atoms with E-state index in [-0.39, 0.29) is 35.7 Å². The van der Waals surface area contributed by atoms with Gasteiger partial charge in [-0.2, -0.15) is 0 Å². The molecule has 0 amide bonds. The minimum Gasteiger partial charge on any atom is -0.748 e. The van der Waals surface area contributed by atoms with Crippen molar-refractivity contribution in [3.63, 3.8) is 0 Å². The second-order valence-electron chi connectivity index (χ2n) is 8.85. The molecule has 0 radical (unpaired) electrons. The molecule has 0 heterocycles. The van der Waals surface area contributed by atoms with Crippen LogP contribution < -0.4 is 29.6 Å². The van der Waals surface area contributed by atoms with E-state index in [1.807, 2.05) is 0 Å². The van der Waals surface area contributed by atoms with E-state index in [1.54, 1.807) is 6.92 Å². The van der Waals surface area contributed by atoms with Gasteiger partial charge in [0.25, 0.3) is 0 Å². The van der Waals surface area contributed by atoms with Crippen molar-refractivity contribution in [2.75, 3.05) is 0 Å². The molecule has 0 aromatic carbocycles. The molecule has 30 heavy (non-hydrogen) atoms. The molecule has 0 aromatic rings. The van der Waals surface area contributed by atoms with Gasteiger partial charge >= 0.3 is 29.6 Å². The third-order valence-electron chi connectivity index (χ3n) is 6.07. The van der Waals surface area contributed by atoms with Gasteiger partial charge in [0.15, 0.2) is 0 Å². The second-order valence-corrected chi connectivity index (χ2v) is 10.5. The Kier molecular flexibility index (Phi) is 25.4. The third kappa shape index (κ3) is 22.1. The molecular weight excluding hydrogens is 407 g/mol. The van der Waals surface area contributed by atoms with Gasteiger partial charge in [0.05, 0.1) is 16.2 Å². The number of hydrogen-bond donors (Lipinski definition) is 1. The van der Waals surface area contributed by atoms with Crippen molar-refractivity contribution in [2.24, 2.45) is 0 Å². The standard InChI is InChI=1S/C24H50O4S.Na/c1-3-5-6-7-8-9-10-11-12-13-14-15-17-20-23(25)21-18-16-19-22-24(4-2)29(26,27)28;/h23-25H,3-22H2,1-2H3,(H,26,27,28);/q;+1/p-1. The summed E-state index contributed by atoms with van der Waals surface area (Å²) in [5.41, 5.74) is 0. The summed E-state index contributed by atoms with van der Waals surface area (Å²) in [5, 5.41) is 9.33. The molecule has 2 atom stereocenters. The van der Waals surface area contributed by atoms with Crippen LogP contribution in [-0.4, -0.2) is 29.4 Å². The van der Waals surface area contributed by atoms with E-state index in [9.17, 15) is 18.1 Å². The average molecular weight is 457 g/mol. The van der Waals surface area contributed by atoms with E-state index in [4.69, 9.17) is 0 Å². The summed E-state index contributed by atoms with van der Waals surface area (Å²) in [6.45, 7) is 4.01. The summed E-state index contributed by atoms with van der Waals surface area (Å²) < 4.78 is 33.1. The largest absolute Gasteiger partial charge is 1.00 e. The molecule has 0 aromatic heterocycles. The topological polar surface area (TPSA) is 77.4 Å². The maximum absolute atomic E-state index is 11.0. The van der Waals surface area contributed by atoms with Crippen LogP contribution in [0.4, 0.5) is 0 Å². The molecule has 2 unspecified atom stereocenters. The zero-order valence-corrected chi connectivity index (χ0v) is 23.2. The van der Waals surface area contributed by atoms with Gasteiger partial charge in [-0.15, -0.1) is 0 Å². The van der Waals surface area contributed by atoms with E-state index >= 15 is 0 Å². The van der Waals surface area contributed by atoms with Crippen LogP contribution in [0.1, 0.15) is 142 Å². The van der Waals surface area contributed by atoms with Gasteiger partial charge in [-0.3, -0.25) is 0 Å². The zero-order valence-electron chi connectivity index (χ0n) is 20.4. The number of hydrogen-bond acceptors (Lipinski definition) is 4. The average Bonchev–Trinajstić information content (AvgIpc) is 2.67. The van der Waals surface area contributed by atoms with E-state index in [0.717, 1.165) is 38.5 Å². The van der Waals surface area contributed by atoms with Gasteiger partial charge in [0.2, 0.25) is 0 Å². The van der Waals surface area contributed by atoms with Gasteiger partial charge in [0.1, 0.15) is 0 Å². The maximum Gasteiger partial charge on any atom is 1.00 e. The van der Waals surface area contributed by atoms with Crippen molar-refractivity contribution in [3.05, 3.63) is 0 Å². The quantitative estimate of drug-likeness (QED) is 0.151. The monoisotopic (exact) mass is 456 g/mol. The Hall–Kier alpha value is 0.870. The fourth-order valence-corrected chi connectivity index (χ4v) is 4.89. The number of aliphatic hydroxyl groups is 1. The van der Waals surface area contributed by atoms with Crippen molar-refractivity contribution in [3.8, 4) is 0 Å². The first kappa shape index (κ1) is 33.0. The number of aliphatic hydroxyl groups excluding tert-OH is 1. The zero-order chi connectivity index (χ0) is 21.8. The van der Waals surface area contributed by atoms with Crippen molar-refractivity contribution in [1.82, 2.24) is 0 Å². The molecule has 6 heteroatoms. The smallest absolute Gasteiger partial charge is 0.748 e. The number of unbranched alkanes of at least 4 members (excludes halogenated alkanes) is 14. The van der Waals surface area contributed by atoms with E-state index < -0.39 is 15.4 Å². The SMILES string of the molecule is CCCCCCCCCCCCCCCC(O)CCCCCC(CC)S(=O)(=O)[O-].[Na+]. The van der Waals surface area contributed by atoms with E-state index in [2.05, 4.69) is 6.92 Å². The predicted molar refractivity (Wildman–Crippen MR) is 123 cm³/mol. The van der Waals surface area contributed by atoms with Crippen molar-refractivity contribution in [2.45, 2.75) is 154 Å². The Morgan fingerprint density at radius 2 is 0.967 bits per heavy atom. The maximum atomic E-state index is 11.0. The van der Waals surface area contributed by atoms with Gasteiger partial charge in [-0.1, -0.05) is 117 Å². The van der Waals surface area contributed by atoms with Gasteiger partial charge < -0.3 is 9.66 Å². The first-order valence-corrected chi connectivity index (χ1v) is 14.0. The van der Waals surface area contributed by atoms with Crippen LogP contribution in [0, 0.1) is 0 Å². The summed E-state index contributed by atoms with van der Waals surface area (Å²) in [4.78, 5) is 0. The predicted octanol–water partition coefficient (Wildman–Crippen LogP) is 4.11. The molecule has 0 aliphatic rings. The molecule has 0 aliphatic heterocycles. The van der Waals surface area contributed by atoms with Crippen LogP contribution in [-0.2, 0) is 10.1 Å². The fourth-order valence-electron chi connectivity index (χ4n) is 4.02. The number of rotatable bonds is 22. The molecule has 0 rings (SSSR count). The van der Waals surface area contributed by atoms with Crippen molar-refractivity contribution >= 4 is 10.1 Å². The Balaban J connectivity index is 0. The summed E-state index contributed by atoms with van der Waals surface area (Å²) in [7, 11) is -4.15. The van der Waals surface area contributed by atoms with E-state index in [1.165, 1.54) is 77.0 Å². The Morgan fingerprint density at radius 3 is 1.33 bits per heavy atom. The van der Waals surface area contributed by atoms with Crippen molar-refractivity contribution in [1.29, 1.82) is 0 Å². The summed E-state index contributed by atoms with van der Waals surface area (Å²) in [6.07, 6.45) is 22.3. The van der Waals surface area contributed by atoms with Crippen LogP contribution in [0.5, 0.6) is 0 Å². The van der Waals surface area contributed by atoms with Crippen LogP contribution in [0.15, 0.2) is 0 Å². The molecule has 4 nitrogen and oxygen atoms in total. The normalized spacial score (nSPS) is 13.7. The minimum atomic E-state index is -4.15. The molecular formula is C24H49NaO4S. The van der Waals surface area contributed by atoms with Crippen LogP contribution in [0.25, 0.3) is 0 Å². The van der Waals surface area contributed by atoms with E-state index in [0.29, 0.717) is 12.8 Å². The van der Waals surface area contributed by atoms with Gasteiger partial charge in [0, 0.05) is 5.25 Å². The van der Waals surface area contributed by atoms with Crippen molar-refractivity contribution < 1.29 is 47.6 Å². The van der Waals surface area contributed by atoms with Crippen LogP contribution >= 0.6 is 0 Å². The molecule has 0 saturated carbocycles. The summed E-state index contributed by atoms with van der Waals surface area (Å²) >= 11 is 0. The fraction of sp³-hybridized carbons (Fsp3) is 1.00. The van der Waals surface area contributed by atoms with Gasteiger partial charge in [-0.25, -0.2) is 8.42 Å². The molecule has 0 saturated heterocycles. The third-order valence-corrected chi connectivity index (χ3v) is 7.45. The Bertz CT molecular complexity index is 442. The van der Waals surface area contributed by atoms with Gasteiger partial charge in [-0.05, 0) is 25.7 Å². The van der Waals surface area contributed by atoms with Crippen LogP contribution in [0.3, 0.4) is 0 Å². The summed E-state index contributed by atoms with van der Waals surface area (Å²) in [6, 6.07) is 0. The molecule has 176 valence electrons. The first-order valence-electron chi connectivity index (χ1n) is 12.5. The Labute approximate surface area is 210 Å². The second kappa shape index (κ2) is 23.0. The molecule has 0 bridgehead atoms. The molecule has 0 spiro atoms. The molecule has 1 N–H and O–H groups in total. The Morgan fingerprint density at radius 1 is 0.633 bits per heavy atom. The summed E-state index contributed by atoms with van der Waals surface area (Å²) in [5.74, 6) is 0. The molecule has 0 fully saturated rings. The molecule has 0 aliphatic carbocycles. The first-order chi connectivity index (χ1) is 13.9.